The molecule has 2 N–H and O–H groups in total. The summed E-state index contributed by atoms with van der Waals surface area (Å²) < 4.78 is 10.5. The van der Waals surface area contributed by atoms with E-state index in [2.05, 4.69) is 0 Å². The first-order chi connectivity index (χ1) is 12.0. The topological polar surface area (TPSA) is 93.1 Å². The molecule has 25 heavy (non-hydrogen) atoms. The Hall–Kier alpha value is -2.51. The molecule has 2 aromatic rings. The van der Waals surface area contributed by atoms with Crippen LogP contribution in [0.15, 0.2) is 34.1 Å². The Morgan fingerprint density at radius 2 is 1.92 bits per heavy atom. The number of carboxylic acid groups (broad SMARTS) is 1. The Bertz CT molecular complexity index is 816. The molecule has 7 heteroatoms. The van der Waals surface area contributed by atoms with Crippen molar-refractivity contribution in [1.29, 1.82) is 0 Å². The number of carbonyl (C=O) groups is 2. The maximum absolute atomic E-state index is 11.7. The van der Waals surface area contributed by atoms with E-state index in [1.54, 1.807) is 12.1 Å². The molecule has 0 saturated heterocycles. The molecule has 0 spiro atoms. The number of aliphatic hydroxyl groups is 1. The molecule has 0 atom stereocenters. The van der Waals surface area contributed by atoms with Crippen molar-refractivity contribution >= 4 is 24.0 Å². The number of aldehydes is 1. The number of rotatable bonds is 7. The molecule has 0 fully saturated rings. The van der Waals surface area contributed by atoms with Gasteiger partial charge < -0.3 is 19.7 Å². The third kappa shape index (κ3) is 3.62. The summed E-state index contributed by atoms with van der Waals surface area (Å²) in [5.74, 6) is -0.681. The van der Waals surface area contributed by atoms with E-state index < -0.39 is 5.97 Å². The minimum atomic E-state index is -1.21. The van der Waals surface area contributed by atoms with Crippen LogP contribution in [0.4, 0.5) is 0 Å². The zero-order valence-corrected chi connectivity index (χ0v) is 14.8. The van der Waals surface area contributed by atoms with E-state index >= 15 is 0 Å². The number of ether oxygens (including phenoxy) is 2. The van der Waals surface area contributed by atoms with E-state index in [0.717, 1.165) is 17.3 Å². The van der Waals surface area contributed by atoms with Crippen molar-refractivity contribution in [1.82, 2.24) is 0 Å². The van der Waals surface area contributed by atoms with Crippen LogP contribution in [0.1, 0.15) is 31.8 Å². The molecule has 0 radical (unpaired) electrons. The van der Waals surface area contributed by atoms with Gasteiger partial charge in [-0.2, -0.15) is 0 Å². The fourth-order valence-corrected chi connectivity index (χ4v) is 3.70. The van der Waals surface area contributed by atoms with Crippen molar-refractivity contribution in [2.24, 2.45) is 0 Å². The molecule has 2 rings (SSSR count). The number of aliphatic hydroxyl groups excluding tert-OH is 1. The Balaban J connectivity index is 2.68. The van der Waals surface area contributed by atoms with E-state index in [1.165, 1.54) is 20.3 Å². The first-order valence-electron chi connectivity index (χ1n) is 7.33. The number of carboxylic acids is 1. The van der Waals surface area contributed by atoms with Gasteiger partial charge in [-0.05, 0) is 36.2 Å². The highest BCUT2D eigenvalue weighted by Gasteiger charge is 2.23. The largest absolute Gasteiger partial charge is 0.496 e. The van der Waals surface area contributed by atoms with Crippen LogP contribution in [0.5, 0.6) is 11.5 Å². The summed E-state index contributed by atoms with van der Waals surface area (Å²) in [6.07, 6.45) is 0.548. The van der Waals surface area contributed by atoms with Gasteiger partial charge in [0.15, 0.2) is 6.29 Å². The minimum absolute atomic E-state index is 0.00432. The van der Waals surface area contributed by atoms with Crippen LogP contribution in [0, 0.1) is 6.92 Å². The summed E-state index contributed by atoms with van der Waals surface area (Å²) >= 11 is 1.15. The first kappa shape index (κ1) is 18.8. The average molecular weight is 362 g/mol. The Kier molecular flexibility index (Phi) is 6.06. The van der Waals surface area contributed by atoms with Crippen molar-refractivity contribution in [3.8, 4) is 11.5 Å². The molecule has 0 aliphatic heterocycles. The second-order valence-electron chi connectivity index (χ2n) is 5.14. The maximum Gasteiger partial charge on any atom is 0.340 e. The molecule has 0 saturated carbocycles. The maximum atomic E-state index is 11.7. The number of carbonyl (C=O) groups excluding carboxylic acids is 1. The quantitative estimate of drug-likeness (QED) is 0.731. The SMILES string of the molecule is COc1ccc(C)c(CO)c1Sc1ccc(C=O)c(OC)c1C(=O)O. The first-order valence-corrected chi connectivity index (χ1v) is 8.14. The van der Waals surface area contributed by atoms with Gasteiger partial charge in [-0.25, -0.2) is 4.79 Å². The van der Waals surface area contributed by atoms with Gasteiger partial charge in [0.2, 0.25) is 0 Å². The zero-order chi connectivity index (χ0) is 18.6. The number of hydrogen-bond donors (Lipinski definition) is 2. The van der Waals surface area contributed by atoms with Gasteiger partial charge in [0.1, 0.15) is 17.1 Å². The summed E-state index contributed by atoms with van der Waals surface area (Å²) in [4.78, 5) is 23.9. The molecular formula is C18H18O6S. The summed E-state index contributed by atoms with van der Waals surface area (Å²) in [6.45, 7) is 1.64. The van der Waals surface area contributed by atoms with Crippen LogP contribution in [-0.2, 0) is 6.61 Å². The van der Waals surface area contributed by atoms with Crippen molar-refractivity contribution in [2.75, 3.05) is 14.2 Å². The molecule has 132 valence electrons. The van der Waals surface area contributed by atoms with E-state index in [9.17, 15) is 19.8 Å². The second-order valence-corrected chi connectivity index (χ2v) is 6.19. The predicted octanol–water partition coefficient (Wildman–Crippen LogP) is 3.17. The van der Waals surface area contributed by atoms with Gasteiger partial charge in [-0.3, -0.25) is 4.79 Å². The molecule has 0 bridgehead atoms. The number of benzene rings is 2. The van der Waals surface area contributed by atoms with Gasteiger partial charge >= 0.3 is 5.97 Å². The van der Waals surface area contributed by atoms with Crippen LogP contribution >= 0.6 is 11.8 Å². The second kappa shape index (κ2) is 8.04. The fraction of sp³-hybridized carbons (Fsp3) is 0.222. The lowest BCUT2D eigenvalue weighted by molar-refractivity contribution is 0.0689. The average Bonchev–Trinajstić information content (AvgIpc) is 2.61. The van der Waals surface area contributed by atoms with Crippen molar-refractivity contribution in [3.05, 3.63) is 46.5 Å². The molecule has 0 aliphatic rings. The third-order valence-corrected chi connectivity index (χ3v) is 4.96. The zero-order valence-electron chi connectivity index (χ0n) is 14.0. The molecule has 0 amide bonds. The smallest absolute Gasteiger partial charge is 0.340 e. The van der Waals surface area contributed by atoms with Gasteiger partial charge in [0, 0.05) is 4.90 Å². The highest BCUT2D eigenvalue weighted by atomic mass is 32.2. The molecule has 2 aromatic carbocycles. The van der Waals surface area contributed by atoms with E-state index in [1.807, 2.05) is 13.0 Å². The Morgan fingerprint density at radius 1 is 1.20 bits per heavy atom. The normalized spacial score (nSPS) is 10.4. The fourth-order valence-electron chi connectivity index (χ4n) is 2.46. The van der Waals surface area contributed by atoms with E-state index in [-0.39, 0.29) is 23.5 Å². The van der Waals surface area contributed by atoms with Crippen LogP contribution in [0.3, 0.4) is 0 Å². The third-order valence-electron chi connectivity index (χ3n) is 3.74. The van der Waals surface area contributed by atoms with Gasteiger partial charge in [0.25, 0.3) is 0 Å². The molecular weight excluding hydrogens is 344 g/mol. The van der Waals surface area contributed by atoms with Crippen molar-refractivity contribution < 1.29 is 29.3 Å². The molecule has 6 nitrogen and oxygen atoms in total. The monoisotopic (exact) mass is 362 g/mol. The lowest BCUT2D eigenvalue weighted by Crippen LogP contribution is -2.06. The summed E-state index contributed by atoms with van der Waals surface area (Å²) in [5.41, 5.74) is 1.56. The van der Waals surface area contributed by atoms with Crippen LogP contribution < -0.4 is 9.47 Å². The van der Waals surface area contributed by atoms with Crippen LogP contribution in [0.2, 0.25) is 0 Å². The van der Waals surface area contributed by atoms with Gasteiger partial charge in [-0.15, -0.1) is 0 Å². The summed E-state index contributed by atoms with van der Waals surface area (Å²) in [5, 5.41) is 19.3. The minimum Gasteiger partial charge on any atom is -0.496 e. The standard InChI is InChI=1S/C18H18O6S/c1-10-4-6-13(23-2)17(12(10)9-20)25-14-7-5-11(8-19)16(24-3)15(14)18(21)22/h4-8,20H,9H2,1-3H3,(H,21,22). The molecule has 0 aromatic heterocycles. The molecule has 0 aliphatic carbocycles. The Labute approximate surface area is 149 Å². The van der Waals surface area contributed by atoms with Crippen molar-refractivity contribution in [3.63, 3.8) is 0 Å². The molecule has 0 heterocycles. The summed E-state index contributed by atoms with van der Waals surface area (Å²) in [6, 6.07) is 6.63. The summed E-state index contributed by atoms with van der Waals surface area (Å²) in [7, 11) is 2.82. The highest BCUT2D eigenvalue weighted by molar-refractivity contribution is 7.99. The lowest BCUT2D eigenvalue weighted by Gasteiger charge is -2.17. The molecule has 0 unspecified atom stereocenters. The van der Waals surface area contributed by atoms with E-state index in [0.29, 0.717) is 27.4 Å². The van der Waals surface area contributed by atoms with Gasteiger partial charge in [0.05, 0.1) is 31.3 Å². The van der Waals surface area contributed by atoms with Crippen molar-refractivity contribution in [2.45, 2.75) is 23.3 Å². The lowest BCUT2D eigenvalue weighted by atomic mass is 10.1. The van der Waals surface area contributed by atoms with Crippen LogP contribution in [0.25, 0.3) is 0 Å². The Morgan fingerprint density at radius 3 is 2.44 bits per heavy atom. The predicted molar refractivity (Wildman–Crippen MR) is 93.1 cm³/mol. The number of aromatic carboxylic acids is 1. The highest BCUT2D eigenvalue weighted by Crippen LogP contribution is 2.42. The van der Waals surface area contributed by atoms with Crippen LogP contribution in [-0.4, -0.2) is 36.7 Å². The number of aryl methyl sites for hydroxylation is 1. The number of methoxy groups -OCH3 is 2. The van der Waals surface area contributed by atoms with Gasteiger partial charge in [-0.1, -0.05) is 17.8 Å². The van der Waals surface area contributed by atoms with E-state index in [4.69, 9.17) is 9.47 Å². The number of hydrogen-bond acceptors (Lipinski definition) is 6.